The number of benzene rings is 1. The summed E-state index contributed by atoms with van der Waals surface area (Å²) in [5.74, 6) is -0.505. The second-order valence-electron chi connectivity index (χ2n) is 6.47. The van der Waals surface area contributed by atoms with Gasteiger partial charge in [0.15, 0.2) is 16.3 Å². The molecule has 0 aliphatic heterocycles. The van der Waals surface area contributed by atoms with E-state index in [1.165, 1.54) is 41.4 Å². The molecule has 1 amide bonds. The fraction of sp³-hybridized carbons (Fsp3) is 0.150. The molecule has 4 aromatic rings. The Bertz CT molecular complexity index is 1320. The molecule has 3 heterocycles. The number of alkyl halides is 3. The van der Waals surface area contributed by atoms with Crippen molar-refractivity contribution in [3.05, 3.63) is 76.7 Å². The van der Waals surface area contributed by atoms with Crippen molar-refractivity contribution in [1.29, 1.82) is 0 Å². The minimum absolute atomic E-state index is 0.0339. The van der Waals surface area contributed by atoms with Crippen LogP contribution < -0.4 is 10.9 Å². The summed E-state index contributed by atoms with van der Waals surface area (Å²) in [4.78, 5) is 37.6. The number of nitrogens with zero attached hydrogens (tertiary/aromatic N) is 4. The Morgan fingerprint density at radius 1 is 1.12 bits per heavy atom. The van der Waals surface area contributed by atoms with Gasteiger partial charge in [-0.1, -0.05) is 23.9 Å². The molecule has 1 aromatic carbocycles. The number of nitrogens with one attached hydrogen (secondary N) is 1. The summed E-state index contributed by atoms with van der Waals surface area (Å²) in [6, 6.07) is 8.01. The summed E-state index contributed by atoms with van der Waals surface area (Å²) >= 11 is 0.888. The van der Waals surface area contributed by atoms with Crippen LogP contribution in [0.2, 0.25) is 0 Å². The third-order valence-electron chi connectivity index (χ3n) is 4.29. The fourth-order valence-electron chi connectivity index (χ4n) is 2.89. The number of hydrogen-bond donors (Lipinski definition) is 1. The highest BCUT2D eigenvalue weighted by Gasteiger charge is 2.33. The van der Waals surface area contributed by atoms with Crippen molar-refractivity contribution in [1.82, 2.24) is 19.5 Å². The molecular weight excluding hydrogens is 447 g/mol. The Labute approximate surface area is 182 Å². The van der Waals surface area contributed by atoms with E-state index in [4.69, 9.17) is 4.42 Å². The van der Waals surface area contributed by atoms with Gasteiger partial charge in [-0.2, -0.15) is 13.2 Å². The minimum atomic E-state index is -4.61. The molecule has 0 radical (unpaired) electrons. The molecule has 0 aliphatic carbocycles. The Balaban J connectivity index is 1.59. The van der Waals surface area contributed by atoms with E-state index in [1.54, 1.807) is 12.1 Å². The summed E-state index contributed by atoms with van der Waals surface area (Å²) in [6.07, 6.45) is -0.423. The lowest BCUT2D eigenvalue weighted by Crippen LogP contribution is -2.25. The summed E-state index contributed by atoms with van der Waals surface area (Å²) in [5.41, 5.74) is -1.64. The number of anilines is 1. The zero-order valence-corrected chi connectivity index (χ0v) is 17.0. The van der Waals surface area contributed by atoms with E-state index in [9.17, 15) is 22.8 Å². The van der Waals surface area contributed by atoms with E-state index >= 15 is 0 Å². The van der Waals surface area contributed by atoms with Gasteiger partial charge in [0, 0.05) is 12.4 Å². The van der Waals surface area contributed by atoms with Crippen molar-refractivity contribution >= 4 is 34.5 Å². The van der Waals surface area contributed by atoms with Crippen molar-refractivity contribution in [2.45, 2.75) is 17.9 Å². The molecular formula is C20H14F3N5O3S. The number of halogens is 3. The van der Waals surface area contributed by atoms with Crippen molar-refractivity contribution in [2.24, 2.45) is 0 Å². The van der Waals surface area contributed by atoms with Crippen molar-refractivity contribution in [2.75, 3.05) is 11.1 Å². The molecule has 0 fully saturated rings. The molecule has 0 unspecified atom stereocenters. The van der Waals surface area contributed by atoms with Crippen molar-refractivity contribution in [3.8, 4) is 0 Å². The summed E-state index contributed by atoms with van der Waals surface area (Å²) in [6.45, 7) is 0.0339. The molecule has 0 saturated carbocycles. The number of rotatable bonds is 6. The van der Waals surface area contributed by atoms with Gasteiger partial charge in [0.1, 0.15) is 5.76 Å². The summed E-state index contributed by atoms with van der Waals surface area (Å²) < 4.78 is 46.0. The van der Waals surface area contributed by atoms with Crippen LogP contribution >= 0.6 is 11.8 Å². The highest BCUT2D eigenvalue weighted by atomic mass is 32.2. The normalized spacial score (nSPS) is 11.6. The lowest BCUT2D eigenvalue weighted by molar-refractivity contribution is -0.137. The number of hydrogen-bond acceptors (Lipinski definition) is 7. The first-order chi connectivity index (χ1) is 15.3. The van der Waals surface area contributed by atoms with Gasteiger partial charge in [-0.05, 0) is 24.3 Å². The van der Waals surface area contributed by atoms with Crippen molar-refractivity contribution in [3.63, 3.8) is 0 Å². The van der Waals surface area contributed by atoms with E-state index in [0.29, 0.717) is 5.76 Å². The van der Waals surface area contributed by atoms with E-state index < -0.39 is 23.2 Å². The number of para-hydroxylation sites is 1. The number of furan rings is 1. The number of thioether (sulfide) groups is 1. The largest absolute Gasteiger partial charge is 0.467 e. The summed E-state index contributed by atoms with van der Waals surface area (Å²) in [5, 5.41) is 2.41. The van der Waals surface area contributed by atoms with Gasteiger partial charge >= 0.3 is 6.18 Å². The smallest absolute Gasteiger partial charge is 0.418 e. The molecule has 1 N–H and O–H groups in total. The highest BCUT2D eigenvalue weighted by molar-refractivity contribution is 7.99. The lowest BCUT2D eigenvalue weighted by atomic mass is 10.1. The predicted molar refractivity (Wildman–Crippen MR) is 110 cm³/mol. The number of amides is 1. The van der Waals surface area contributed by atoms with Gasteiger partial charge in [-0.15, -0.1) is 0 Å². The molecule has 32 heavy (non-hydrogen) atoms. The Morgan fingerprint density at radius 2 is 1.91 bits per heavy atom. The topological polar surface area (TPSA) is 103 Å². The Morgan fingerprint density at radius 3 is 2.66 bits per heavy atom. The first kappa shape index (κ1) is 21.6. The fourth-order valence-corrected chi connectivity index (χ4v) is 3.68. The van der Waals surface area contributed by atoms with Gasteiger partial charge in [0.05, 0.1) is 29.8 Å². The van der Waals surface area contributed by atoms with E-state index in [0.717, 1.165) is 17.8 Å². The number of fused-ring (bicyclic) bond motifs is 1. The monoisotopic (exact) mass is 461 g/mol. The van der Waals surface area contributed by atoms with Gasteiger partial charge < -0.3 is 9.73 Å². The van der Waals surface area contributed by atoms with Gasteiger partial charge in [0.2, 0.25) is 5.91 Å². The average molecular weight is 461 g/mol. The van der Waals surface area contributed by atoms with Crippen LogP contribution in [-0.2, 0) is 17.5 Å². The number of aromatic nitrogens is 4. The molecule has 4 rings (SSSR count). The van der Waals surface area contributed by atoms with E-state index in [-0.39, 0.29) is 34.3 Å². The molecule has 0 bridgehead atoms. The van der Waals surface area contributed by atoms with Gasteiger partial charge in [-0.3, -0.25) is 14.2 Å². The van der Waals surface area contributed by atoms with Crippen LogP contribution in [0.3, 0.4) is 0 Å². The Kier molecular flexibility index (Phi) is 5.95. The minimum Gasteiger partial charge on any atom is -0.467 e. The molecule has 0 atom stereocenters. The Hall–Kier alpha value is -3.67. The molecule has 12 heteroatoms. The molecule has 0 saturated heterocycles. The summed E-state index contributed by atoms with van der Waals surface area (Å²) in [7, 11) is 0. The number of carbonyl (C=O) groups excluding carboxylic acids is 1. The van der Waals surface area contributed by atoms with E-state index in [2.05, 4.69) is 20.3 Å². The van der Waals surface area contributed by atoms with Crippen LogP contribution in [0.5, 0.6) is 0 Å². The quantitative estimate of drug-likeness (QED) is 0.346. The third-order valence-corrected chi connectivity index (χ3v) is 5.27. The standard InChI is InChI=1S/C20H14F3N5O3S/c21-20(22,23)13-5-1-2-6-14(13)26-15(29)11-32-19-27-17-16(24-7-8-25-17)18(30)28(19)10-12-4-3-9-31-12/h1-9H,10-11H2,(H,26,29). The van der Waals surface area contributed by atoms with E-state index in [1.807, 2.05) is 0 Å². The molecule has 0 spiro atoms. The van der Waals surface area contributed by atoms with Crippen LogP contribution in [0.4, 0.5) is 18.9 Å². The van der Waals surface area contributed by atoms with Crippen LogP contribution in [0, 0.1) is 0 Å². The van der Waals surface area contributed by atoms with Crippen molar-refractivity contribution < 1.29 is 22.4 Å². The average Bonchev–Trinajstić information content (AvgIpc) is 3.27. The maximum absolute atomic E-state index is 13.1. The molecule has 164 valence electrons. The maximum Gasteiger partial charge on any atom is 0.418 e. The SMILES string of the molecule is O=C(CSc1nc2nccnc2c(=O)n1Cc1ccco1)Nc1ccccc1C(F)(F)F. The second kappa shape index (κ2) is 8.83. The van der Waals surface area contributed by atoms with Crippen LogP contribution in [-0.4, -0.2) is 31.2 Å². The van der Waals surface area contributed by atoms with Crippen LogP contribution in [0.1, 0.15) is 11.3 Å². The number of carbonyl (C=O) groups is 1. The van der Waals surface area contributed by atoms with Gasteiger partial charge in [-0.25, -0.2) is 15.0 Å². The highest BCUT2D eigenvalue weighted by Crippen LogP contribution is 2.34. The zero-order valence-electron chi connectivity index (χ0n) is 16.2. The molecule has 3 aromatic heterocycles. The maximum atomic E-state index is 13.1. The second-order valence-corrected chi connectivity index (χ2v) is 7.42. The first-order valence-corrected chi connectivity index (χ1v) is 10.1. The third kappa shape index (κ3) is 4.64. The van der Waals surface area contributed by atoms with Crippen LogP contribution in [0.15, 0.2) is 69.4 Å². The first-order valence-electron chi connectivity index (χ1n) is 9.16. The van der Waals surface area contributed by atoms with Crippen LogP contribution in [0.25, 0.3) is 11.2 Å². The predicted octanol–water partition coefficient (Wildman–Crippen LogP) is 3.58. The lowest BCUT2D eigenvalue weighted by Gasteiger charge is -2.14. The zero-order chi connectivity index (χ0) is 22.7. The molecule has 0 aliphatic rings. The van der Waals surface area contributed by atoms with Gasteiger partial charge in [0.25, 0.3) is 5.56 Å². The molecule has 8 nitrogen and oxygen atoms in total.